The fourth-order valence-electron chi connectivity index (χ4n) is 5.35. The van der Waals surface area contributed by atoms with Gasteiger partial charge in [0.05, 0.1) is 16.7 Å². The highest BCUT2D eigenvalue weighted by molar-refractivity contribution is 6.90. The average Bonchev–Trinajstić information content (AvgIpc) is 3.22. The molecule has 32 heavy (non-hydrogen) atoms. The maximum atomic E-state index is 6.20. The molecular formula is C27H34N2O2Si. The van der Waals surface area contributed by atoms with E-state index in [9.17, 15) is 0 Å². The third-order valence-corrected chi connectivity index (χ3v) is 13.0. The van der Waals surface area contributed by atoms with Crippen LogP contribution in [-0.2, 0) is 0 Å². The van der Waals surface area contributed by atoms with Crippen LogP contribution in [0.1, 0.15) is 61.2 Å². The van der Waals surface area contributed by atoms with Gasteiger partial charge in [-0.05, 0) is 46.8 Å². The van der Waals surface area contributed by atoms with E-state index >= 15 is 0 Å². The van der Waals surface area contributed by atoms with Gasteiger partial charge in [-0.25, -0.2) is 4.98 Å². The summed E-state index contributed by atoms with van der Waals surface area (Å²) < 4.78 is 14.3. The van der Waals surface area contributed by atoms with Gasteiger partial charge in [0, 0.05) is 13.8 Å². The Balaban J connectivity index is 1.96. The van der Waals surface area contributed by atoms with Gasteiger partial charge in [0.15, 0.2) is 17.3 Å². The fraction of sp³-hybridized carbons (Fsp3) is 0.444. The van der Waals surface area contributed by atoms with Crippen LogP contribution in [0.3, 0.4) is 0 Å². The van der Waals surface area contributed by atoms with Crippen molar-refractivity contribution < 1.29 is 9.47 Å². The zero-order chi connectivity index (χ0) is 23.3. The molecule has 0 fully saturated rings. The maximum absolute atomic E-state index is 6.20. The molecule has 0 N–H and O–H groups in total. The molecule has 0 unspecified atom stereocenters. The van der Waals surface area contributed by atoms with Gasteiger partial charge >= 0.3 is 0 Å². The van der Waals surface area contributed by atoms with E-state index in [0.29, 0.717) is 16.6 Å². The lowest BCUT2D eigenvalue weighted by molar-refractivity contribution is -0.0431. The number of rotatable bonds is 4. The van der Waals surface area contributed by atoms with Crippen molar-refractivity contribution in [3.63, 3.8) is 0 Å². The van der Waals surface area contributed by atoms with Gasteiger partial charge in [0.25, 0.3) is 0 Å². The zero-order valence-electron chi connectivity index (χ0n) is 20.5. The number of nitrogens with zero attached hydrogens (tertiary/aromatic N) is 2. The second kappa shape index (κ2) is 8.01. The van der Waals surface area contributed by atoms with Crippen LogP contribution < -0.4 is 9.47 Å². The molecule has 5 heteroatoms. The largest absolute Gasteiger partial charge is 0.449 e. The molecule has 0 bridgehead atoms. The number of hydrogen-bond acceptors (Lipinski definition) is 3. The maximum Gasteiger partial charge on any atom is 0.246 e. The van der Waals surface area contributed by atoms with E-state index in [1.807, 2.05) is 44.2 Å². The smallest absolute Gasteiger partial charge is 0.246 e. The van der Waals surface area contributed by atoms with Crippen molar-refractivity contribution in [2.45, 2.75) is 77.8 Å². The summed E-state index contributed by atoms with van der Waals surface area (Å²) >= 11 is 0. The Bertz CT molecular complexity index is 1190. The molecule has 4 nitrogen and oxygen atoms in total. The number of hydrogen-bond donors (Lipinski definition) is 0. The molecule has 1 aliphatic heterocycles. The fourth-order valence-corrected chi connectivity index (χ4v) is 10.5. The molecule has 0 atom stereocenters. The van der Waals surface area contributed by atoms with E-state index in [-0.39, 0.29) is 0 Å². The Morgan fingerprint density at radius 2 is 1.53 bits per heavy atom. The minimum absolute atomic E-state index is 0.561. The molecule has 0 saturated heterocycles. The number of para-hydroxylation sites is 3. The quantitative estimate of drug-likeness (QED) is 0.317. The number of aromatic nitrogens is 2. The first-order chi connectivity index (χ1) is 15.1. The molecule has 2 aromatic carbocycles. The van der Waals surface area contributed by atoms with Gasteiger partial charge < -0.3 is 9.47 Å². The van der Waals surface area contributed by atoms with Crippen molar-refractivity contribution >= 4 is 19.1 Å². The van der Waals surface area contributed by atoms with Crippen LogP contribution in [0.5, 0.6) is 11.5 Å². The van der Waals surface area contributed by atoms with Crippen LogP contribution in [0.15, 0.2) is 42.5 Å². The first-order valence-electron chi connectivity index (χ1n) is 11.6. The Hall–Kier alpha value is -2.71. The lowest BCUT2D eigenvalue weighted by atomic mass is 10.2. The molecular weight excluding hydrogens is 412 g/mol. The highest BCUT2D eigenvalue weighted by Crippen LogP contribution is 2.45. The van der Waals surface area contributed by atoms with Gasteiger partial charge in [-0.1, -0.05) is 59.7 Å². The normalized spacial score (nSPS) is 15.0. The van der Waals surface area contributed by atoms with Gasteiger partial charge in [-0.15, -0.1) is 5.54 Å². The summed E-state index contributed by atoms with van der Waals surface area (Å²) in [6, 6.07) is 14.2. The number of fused-ring (bicyclic) bond motifs is 2. The third kappa shape index (κ3) is 3.61. The zero-order valence-corrected chi connectivity index (χ0v) is 21.5. The van der Waals surface area contributed by atoms with Crippen molar-refractivity contribution in [3.8, 4) is 28.7 Å². The third-order valence-electron chi connectivity index (χ3n) is 6.72. The van der Waals surface area contributed by atoms with E-state index in [1.54, 1.807) is 0 Å². The average molecular weight is 447 g/mol. The van der Waals surface area contributed by atoms with E-state index in [4.69, 9.17) is 14.5 Å². The lowest BCUT2D eigenvalue weighted by Gasteiger charge is -2.38. The van der Waals surface area contributed by atoms with Gasteiger partial charge in [0.1, 0.15) is 8.07 Å². The molecule has 3 aromatic rings. The topological polar surface area (TPSA) is 36.3 Å². The summed E-state index contributed by atoms with van der Waals surface area (Å²) in [5, 5.41) is 0. The molecule has 0 amide bonds. The molecule has 1 aromatic heterocycles. The van der Waals surface area contributed by atoms with Crippen molar-refractivity contribution in [1.29, 1.82) is 0 Å². The molecule has 2 heterocycles. The van der Waals surface area contributed by atoms with Gasteiger partial charge in [-0.3, -0.25) is 4.57 Å². The number of benzene rings is 2. The van der Waals surface area contributed by atoms with Crippen LogP contribution in [0, 0.1) is 11.5 Å². The summed E-state index contributed by atoms with van der Waals surface area (Å²) in [6.07, 6.45) is 0. The van der Waals surface area contributed by atoms with Crippen molar-refractivity contribution in [2.75, 3.05) is 0 Å². The van der Waals surface area contributed by atoms with E-state index < -0.39 is 13.9 Å². The molecule has 1 aliphatic rings. The standard InChI is InChI=1S/C27H34N2O2Si/c1-18(2)32(19(3)4,20(5)6)17-16-25-28-21-12-9-10-13-22(21)29(25)23-14-11-15-24-26(23)31-27(7,8)30-24/h9-15,18-20H,1-8H3. The predicted octanol–water partition coefficient (Wildman–Crippen LogP) is 7.10. The molecule has 4 rings (SSSR count). The summed E-state index contributed by atoms with van der Waals surface area (Å²) in [5.74, 6) is 5.11. The van der Waals surface area contributed by atoms with Crippen LogP contribution in [0.2, 0.25) is 16.6 Å². The number of imidazole rings is 1. The SMILES string of the molecule is CC(C)[Si](C#Cc1nc2ccccc2n1-c1cccc2c1OC(C)(C)O2)(C(C)C)C(C)C. The second-order valence-electron chi connectivity index (χ2n) is 10.1. The molecule has 0 radical (unpaired) electrons. The van der Waals surface area contributed by atoms with Crippen molar-refractivity contribution in [1.82, 2.24) is 9.55 Å². The first-order valence-corrected chi connectivity index (χ1v) is 13.8. The Morgan fingerprint density at radius 3 is 2.19 bits per heavy atom. The first kappa shape index (κ1) is 22.5. The summed E-state index contributed by atoms with van der Waals surface area (Å²) in [4.78, 5) is 4.95. The lowest BCUT2D eigenvalue weighted by Crippen LogP contribution is -2.43. The highest BCUT2D eigenvalue weighted by Gasteiger charge is 2.42. The van der Waals surface area contributed by atoms with Crippen LogP contribution in [-0.4, -0.2) is 23.4 Å². The second-order valence-corrected chi connectivity index (χ2v) is 15.7. The minimum Gasteiger partial charge on any atom is -0.449 e. The summed E-state index contributed by atoms with van der Waals surface area (Å²) in [6.45, 7) is 17.9. The monoisotopic (exact) mass is 446 g/mol. The molecule has 0 aliphatic carbocycles. The van der Waals surface area contributed by atoms with Gasteiger partial charge in [0.2, 0.25) is 5.79 Å². The van der Waals surface area contributed by atoms with Gasteiger partial charge in [-0.2, -0.15) is 0 Å². The number of ether oxygens (including phenoxy) is 2. The molecule has 0 spiro atoms. The van der Waals surface area contributed by atoms with Crippen molar-refractivity contribution in [3.05, 3.63) is 48.3 Å². The van der Waals surface area contributed by atoms with E-state index in [0.717, 1.165) is 34.0 Å². The van der Waals surface area contributed by atoms with E-state index in [1.165, 1.54) is 0 Å². The summed E-state index contributed by atoms with van der Waals surface area (Å²) in [7, 11) is -1.90. The van der Waals surface area contributed by atoms with Crippen molar-refractivity contribution in [2.24, 2.45) is 0 Å². The van der Waals surface area contributed by atoms with Crippen LogP contribution in [0.25, 0.3) is 16.7 Å². The van der Waals surface area contributed by atoms with Crippen LogP contribution >= 0.6 is 0 Å². The predicted molar refractivity (Wildman–Crippen MR) is 134 cm³/mol. The Morgan fingerprint density at radius 1 is 0.875 bits per heavy atom. The Labute approximate surface area is 193 Å². The summed E-state index contributed by atoms with van der Waals surface area (Å²) in [5.41, 5.74) is 8.38. The highest BCUT2D eigenvalue weighted by atomic mass is 28.3. The molecule has 0 saturated carbocycles. The Kier molecular flexibility index (Phi) is 5.62. The van der Waals surface area contributed by atoms with Crippen LogP contribution in [0.4, 0.5) is 0 Å². The minimum atomic E-state index is -1.90. The van der Waals surface area contributed by atoms with E-state index in [2.05, 4.69) is 69.7 Å². The molecule has 168 valence electrons.